The lowest BCUT2D eigenvalue weighted by Gasteiger charge is -2.07. The lowest BCUT2D eigenvalue weighted by atomic mass is 10.2. The molecule has 3 aromatic rings. The molecule has 2 N–H and O–H groups in total. The quantitative estimate of drug-likeness (QED) is 0.751. The average Bonchev–Trinajstić information content (AvgIpc) is 2.76. The molecule has 6 heteroatoms. The molecule has 0 saturated carbocycles. The molecule has 0 amide bonds. The summed E-state index contributed by atoms with van der Waals surface area (Å²) in [5, 5.41) is 0. The molecule has 3 rings (SSSR count). The van der Waals surface area contributed by atoms with Gasteiger partial charge in [-0.1, -0.05) is 12.1 Å². The van der Waals surface area contributed by atoms with Crippen LogP contribution in [0.5, 0.6) is 5.75 Å². The van der Waals surface area contributed by atoms with Gasteiger partial charge in [0.1, 0.15) is 0 Å². The van der Waals surface area contributed by atoms with Crippen LogP contribution in [0.3, 0.4) is 0 Å². The number of oxazole rings is 1. The van der Waals surface area contributed by atoms with E-state index in [0.717, 1.165) is 0 Å². The number of benzene rings is 2. The molecule has 0 aliphatic heterocycles. The van der Waals surface area contributed by atoms with E-state index in [2.05, 4.69) is 0 Å². The Morgan fingerprint density at radius 3 is 2.90 bits per heavy atom. The molecule has 21 heavy (non-hydrogen) atoms. The van der Waals surface area contributed by atoms with Crippen molar-refractivity contribution in [2.45, 2.75) is 6.54 Å². The van der Waals surface area contributed by atoms with Gasteiger partial charge < -0.3 is 14.9 Å². The molecule has 0 radical (unpaired) electrons. The minimum Gasteiger partial charge on any atom is -0.494 e. The Labute approximate surface area is 119 Å². The molecule has 1 aromatic heterocycles. The number of nitrogens with two attached hydrogens (primary N) is 1. The second-order valence-electron chi connectivity index (χ2n) is 4.61. The number of methoxy groups -OCH3 is 1. The van der Waals surface area contributed by atoms with Crippen molar-refractivity contribution in [1.29, 1.82) is 0 Å². The number of nitrogen functional groups attached to an aromatic ring is 1. The van der Waals surface area contributed by atoms with Crippen LogP contribution < -0.4 is 16.2 Å². The Kier molecular flexibility index (Phi) is 3.13. The number of nitrogens with zero attached hydrogens (tertiary/aromatic N) is 1. The monoisotopic (exact) mass is 288 g/mol. The minimum absolute atomic E-state index is 0.0543. The standard InChI is InChI=1S/C15H13FN2O3/c1-20-12-4-2-3-9(14(12)16)8-18-11-6-5-10(17)7-13(11)21-15(18)19/h2-7H,8,17H2,1H3. The number of halogens is 1. The summed E-state index contributed by atoms with van der Waals surface area (Å²) < 4.78 is 25.6. The predicted molar refractivity (Wildman–Crippen MR) is 76.9 cm³/mol. The van der Waals surface area contributed by atoms with Crippen molar-refractivity contribution in [1.82, 2.24) is 4.57 Å². The Hall–Kier alpha value is -2.76. The Bertz CT molecular complexity index is 867. The summed E-state index contributed by atoms with van der Waals surface area (Å²) in [6.07, 6.45) is 0. The largest absolute Gasteiger partial charge is 0.494 e. The van der Waals surface area contributed by atoms with Gasteiger partial charge in [-0.25, -0.2) is 9.18 Å². The van der Waals surface area contributed by atoms with Gasteiger partial charge in [0.25, 0.3) is 0 Å². The van der Waals surface area contributed by atoms with Crippen molar-refractivity contribution in [2.75, 3.05) is 12.8 Å². The van der Waals surface area contributed by atoms with Crippen molar-refractivity contribution in [2.24, 2.45) is 0 Å². The van der Waals surface area contributed by atoms with E-state index in [4.69, 9.17) is 14.9 Å². The maximum absolute atomic E-state index is 14.2. The van der Waals surface area contributed by atoms with E-state index in [1.54, 1.807) is 30.3 Å². The molecule has 0 aliphatic rings. The number of aromatic nitrogens is 1. The van der Waals surface area contributed by atoms with Crippen LogP contribution in [0.2, 0.25) is 0 Å². The lowest BCUT2D eigenvalue weighted by Crippen LogP contribution is -2.15. The SMILES string of the molecule is COc1cccc(Cn2c(=O)oc3cc(N)ccc32)c1F. The van der Waals surface area contributed by atoms with Gasteiger partial charge in [-0.3, -0.25) is 4.57 Å². The second-order valence-corrected chi connectivity index (χ2v) is 4.61. The lowest BCUT2D eigenvalue weighted by molar-refractivity contribution is 0.383. The molecule has 0 unspecified atom stereocenters. The van der Waals surface area contributed by atoms with Crippen molar-refractivity contribution >= 4 is 16.8 Å². The molecule has 0 fully saturated rings. The number of ether oxygens (including phenoxy) is 1. The molecular weight excluding hydrogens is 275 g/mol. The summed E-state index contributed by atoms with van der Waals surface area (Å²) in [5.41, 5.74) is 7.43. The Morgan fingerprint density at radius 2 is 2.14 bits per heavy atom. The van der Waals surface area contributed by atoms with E-state index >= 15 is 0 Å². The fourth-order valence-electron chi connectivity index (χ4n) is 2.24. The summed E-state index contributed by atoms with van der Waals surface area (Å²) >= 11 is 0. The van der Waals surface area contributed by atoms with Gasteiger partial charge in [-0.05, 0) is 18.2 Å². The molecule has 0 saturated heterocycles. The topological polar surface area (TPSA) is 70.4 Å². The van der Waals surface area contributed by atoms with Crippen LogP contribution in [0, 0.1) is 5.82 Å². The van der Waals surface area contributed by atoms with E-state index in [9.17, 15) is 9.18 Å². The Balaban J connectivity index is 2.10. The highest BCUT2D eigenvalue weighted by atomic mass is 19.1. The van der Waals surface area contributed by atoms with Crippen LogP contribution in [-0.4, -0.2) is 11.7 Å². The van der Waals surface area contributed by atoms with Gasteiger partial charge in [-0.2, -0.15) is 0 Å². The molecule has 0 aliphatic carbocycles. The highest BCUT2D eigenvalue weighted by Crippen LogP contribution is 2.22. The van der Waals surface area contributed by atoms with Crippen LogP contribution in [0.25, 0.3) is 11.1 Å². The van der Waals surface area contributed by atoms with Gasteiger partial charge in [-0.15, -0.1) is 0 Å². The first-order chi connectivity index (χ1) is 10.1. The van der Waals surface area contributed by atoms with Crippen LogP contribution in [0.4, 0.5) is 10.1 Å². The third kappa shape index (κ3) is 2.24. The van der Waals surface area contributed by atoms with Gasteiger partial charge in [0.15, 0.2) is 17.1 Å². The number of rotatable bonds is 3. The van der Waals surface area contributed by atoms with E-state index in [-0.39, 0.29) is 12.3 Å². The molecule has 5 nitrogen and oxygen atoms in total. The zero-order chi connectivity index (χ0) is 15.0. The smallest absolute Gasteiger partial charge is 0.420 e. The second kappa shape index (κ2) is 4.97. The molecule has 1 heterocycles. The maximum Gasteiger partial charge on any atom is 0.420 e. The predicted octanol–water partition coefficient (Wildman–Crippen LogP) is 2.37. The van der Waals surface area contributed by atoms with Gasteiger partial charge >= 0.3 is 5.76 Å². The first-order valence-corrected chi connectivity index (χ1v) is 6.30. The van der Waals surface area contributed by atoms with Crippen LogP contribution in [0.15, 0.2) is 45.6 Å². The summed E-state index contributed by atoms with van der Waals surface area (Å²) in [4.78, 5) is 11.9. The third-order valence-corrected chi connectivity index (χ3v) is 3.28. The van der Waals surface area contributed by atoms with E-state index in [1.165, 1.54) is 17.7 Å². The molecule has 0 bridgehead atoms. The van der Waals surface area contributed by atoms with Crippen LogP contribution in [-0.2, 0) is 6.54 Å². The first kappa shape index (κ1) is 13.2. The number of fused-ring (bicyclic) bond motifs is 1. The Morgan fingerprint density at radius 1 is 1.33 bits per heavy atom. The van der Waals surface area contributed by atoms with Crippen molar-refractivity contribution in [3.05, 3.63) is 58.3 Å². The average molecular weight is 288 g/mol. The molecule has 108 valence electrons. The van der Waals surface area contributed by atoms with Gasteiger partial charge in [0.2, 0.25) is 0 Å². The molecule has 2 aromatic carbocycles. The highest BCUT2D eigenvalue weighted by molar-refractivity contribution is 5.76. The van der Waals surface area contributed by atoms with Gasteiger partial charge in [0, 0.05) is 17.3 Å². The van der Waals surface area contributed by atoms with Crippen molar-refractivity contribution in [3.8, 4) is 5.75 Å². The van der Waals surface area contributed by atoms with Crippen molar-refractivity contribution in [3.63, 3.8) is 0 Å². The fraction of sp³-hybridized carbons (Fsp3) is 0.133. The number of anilines is 1. The van der Waals surface area contributed by atoms with Crippen molar-refractivity contribution < 1.29 is 13.5 Å². The molecule has 0 spiro atoms. The number of hydrogen-bond donors (Lipinski definition) is 1. The molecule has 0 atom stereocenters. The van der Waals surface area contributed by atoms with Gasteiger partial charge in [0.05, 0.1) is 19.2 Å². The highest BCUT2D eigenvalue weighted by Gasteiger charge is 2.14. The van der Waals surface area contributed by atoms with Crippen LogP contribution in [0.1, 0.15) is 5.56 Å². The normalized spacial score (nSPS) is 11.0. The fourth-order valence-corrected chi connectivity index (χ4v) is 2.24. The zero-order valence-corrected chi connectivity index (χ0v) is 11.3. The zero-order valence-electron chi connectivity index (χ0n) is 11.3. The number of hydrogen-bond acceptors (Lipinski definition) is 4. The summed E-state index contributed by atoms with van der Waals surface area (Å²) in [6.45, 7) is 0.0543. The summed E-state index contributed by atoms with van der Waals surface area (Å²) in [5.74, 6) is -0.910. The van der Waals surface area contributed by atoms with E-state index < -0.39 is 11.6 Å². The van der Waals surface area contributed by atoms with E-state index in [1.807, 2.05) is 0 Å². The third-order valence-electron chi connectivity index (χ3n) is 3.28. The summed E-state index contributed by atoms with van der Waals surface area (Å²) in [6, 6.07) is 9.69. The summed E-state index contributed by atoms with van der Waals surface area (Å²) in [7, 11) is 1.39. The first-order valence-electron chi connectivity index (χ1n) is 6.30. The minimum atomic E-state index is -0.558. The van der Waals surface area contributed by atoms with Crippen LogP contribution >= 0.6 is 0 Å². The molecular formula is C15H13FN2O3. The van der Waals surface area contributed by atoms with E-state index in [0.29, 0.717) is 22.4 Å². The maximum atomic E-state index is 14.2.